The second-order valence-electron chi connectivity index (χ2n) is 10.5. The van der Waals surface area contributed by atoms with Gasteiger partial charge < -0.3 is 30.2 Å². The highest BCUT2D eigenvalue weighted by molar-refractivity contribution is 8.44. The summed E-state index contributed by atoms with van der Waals surface area (Å²) in [6.45, 7) is -9.64. The van der Waals surface area contributed by atoms with Crippen LogP contribution in [0, 0.1) is 5.92 Å². The molecule has 242 valence electrons. The molecule has 24 heteroatoms. The van der Waals surface area contributed by atoms with Gasteiger partial charge in [0.05, 0.1) is 31.9 Å². The summed E-state index contributed by atoms with van der Waals surface area (Å²) in [5.41, 5.74) is 11.1. The van der Waals surface area contributed by atoms with Crippen molar-refractivity contribution in [3.8, 4) is 0 Å². The van der Waals surface area contributed by atoms with E-state index in [1.807, 2.05) is 0 Å². The lowest BCUT2D eigenvalue weighted by Gasteiger charge is -2.29. The normalized spacial score (nSPS) is 37.7. The Morgan fingerprint density at radius 2 is 1.78 bits per heavy atom. The Balaban J connectivity index is 1.17. The van der Waals surface area contributed by atoms with E-state index in [2.05, 4.69) is 42.2 Å². The van der Waals surface area contributed by atoms with Gasteiger partial charge in [0.1, 0.15) is 36.3 Å². The number of nitrogen functional groups attached to an aromatic ring is 2. The van der Waals surface area contributed by atoms with Gasteiger partial charge in [0, 0.05) is 5.92 Å². The molecule has 3 fully saturated rings. The fourth-order valence-electron chi connectivity index (χ4n) is 5.77. The number of anilines is 2. The summed E-state index contributed by atoms with van der Waals surface area (Å²) in [4.78, 5) is 45.6. The van der Waals surface area contributed by atoms with Crippen molar-refractivity contribution in [3.63, 3.8) is 0 Å². The van der Waals surface area contributed by atoms with Crippen LogP contribution in [0.15, 0.2) is 23.8 Å². The number of aromatic amines is 1. The van der Waals surface area contributed by atoms with Crippen LogP contribution in [0.5, 0.6) is 0 Å². The number of ether oxygens (including phenoxy) is 1. The van der Waals surface area contributed by atoms with Gasteiger partial charge in [-0.2, -0.15) is 4.98 Å². The Morgan fingerprint density at radius 1 is 1.02 bits per heavy atom. The molecule has 0 amide bonds. The van der Waals surface area contributed by atoms with Crippen molar-refractivity contribution in [1.82, 2.24) is 39.0 Å². The Morgan fingerprint density at radius 3 is 2.58 bits per heavy atom. The second kappa shape index (κ2) is 11.3. The summed E-state index contributed by atoms with van der Waals surface area (Å²) in [5, 5.41) is 0. The number of nitrogens with one attached hydrogen (secondary N) is 1. The molecule has 6 heterocycles. The summed E-state index contributed by atoms with van der Waals surface area (Å²) < 4.78 is 76.1. The van der Waals surface area contributed by atoms with Gasteiger partial charge in [-0.15, -0.1) is 0 Å². The number of aromatic nitrogens is 8. The average Bonchev–Trinajstić information content (AvgIpc) is 3.72. The first kappa shape index (κ1) is 31.0. The minimum Gasteiger partial charge on any atom is -0.382 e. The number of nitrogens with zero attached hydrogens (tertiary/aromatic N) is 7. The molecule has 2 aliphatic heterocycles. The molecular formula is C21H24F2N10O8P2S2. The summed E-state index contributed by atoms with van der Waals surface area (Å²) in [7, 11) is 0. The van der Waals surface area contributed by atoms with Crippen molar-refractivity contribution >= 4 is 71.7 Å². The van der Waals surface area contributed by atoms with Crippen molar-refractivity contribution in [2.75, 3.05) is 24.7 Å². The Kier molecular flexibility index (Phi) is 7.75. The lowest BCUT2D eigenvalue weighted by atomic mass is 10.1. The van der Waals surface area contributed by atoms with E-state index in [-0.39, 0.29) is 40.5 Å². The smallest absolute Gasteiger partial charge is 0.382 e. The molecule has 0 bridgehead atoms. The molecule has 4 aromatic heterocycles. The van der Waals surface area contributed by atoms with Gasteiger partial charge in [-0.3, -0.25) is 27.9 Å². The number of rotatable bonds is 2. The molecule has 0 radical (unpaired) electrons. The van der Waals surface area contributed by atoms with Crippen LogP contribution in [-0.4, -0.2) is 87.8 Å². The van der Waals surface area contributed by atoms with E-state index in [9.17, 15) is 14.3 Å². The number of hydrogen-bond donors (Lipinski definition) is 5. The van der Waals surface area contributed by atoms with Gasteiger partial charge in [-0.05, 0) is 18.2 Å². The van der Waals surface area contributed by atoms with Crippen LogP contribution in [0.3, 0.4) is 0 Å². The van der Waals surface area contributed by atoms with Crippen LogP contribution in [0.1, 0.15) is 18.7 Å². The van der Waals surface area contributed by atoms with E-state index in [0.717, 1.165) is 10.9 Å². The molecule has 4 unspecified atom stereocenters. The highest BCUT2D eigenvalue weighted by Gasteiger charge is 2.53. The number of halogens is 2. The topological polar surface area (TPSA) is 243 Å². The molecule has 7 rings (SSSR count). The van der Waals surface area contributed by atoms with Gasteiger partial charge in [0.15, 0.2) is 35.0 Å². The van der Waals surface area contributed by atoms with Crippen molar-refractivity contribution in [2.24, 2.45) is 5.92 Å². The minimum absolute atomic E-state index is 0.0241. The first-order chi connectivity index (χ1) is 21.3. The predicted octanol–water partition coefficient (Wildman–Crippen LogP) is 1.33. The summed E-state index contributed by atoms with van der Waals surface area (Å²) in [6, 6.07) is -0.947. The molecule has 3 aliphatic rings. The van der Waals surface area contributed by atoms with E-state index in [0.29, 0.717) is 0 Å². The standard InChI is InChI=1S/C21H24F2N10O8P2S2/c22-10-8(32-5-28-12-16(24)26-4-27-17(12)32)1-7-2-37-42(35,44)41-15-9(3-38-43(36,45)40-14(7)10)39-20(11(15)23)33-6-29-13-18(33)30-21(25)31-19(13)34/h4-11,14-15,20H,1-3H2,(H,35,44)(H,36,45)(H2,24,26,27)(H3,25,30,31,34)/t7-,8-,9-,10?,11+,14+,15?,20-,42?,43?/m1/s1. The zero-order valence-corrected chi connectivity index (χ0v) is 26.1. The van der Waals surface area contributed by atoms with Crippen molar-refractivity contribution in [1.29, 1.82) is 0 Å². The van der Waals surface area contributed by atoms with Crippen molar-refractivity contribution in [2.45, 2.75) is 49.3 Å². The fourth-order valence-corrected chi connectivity index (χ4v) is 8.77. The third-order valence-electron chi connectivity index (χ3n) is 7.79. The number of imidazole rings is 2. The van der Waals surface area contributed by atoms with Crippen molar-refractivity contribution in [3.05, 3.63) is 29.3 Å². The second-order valence-corrected chi connectivity index (χ2v) is 16.2. The Bertz CT molecular complexity index is 1950. The van der Waals surface area contributed by atoms with Crippen LogP contribution in [0.25, 0.3) is 22.3 Å². The number of hydrogen-bond acceptors (Lipinski definition) is 15. The first-order valence-corrected chi connectivity index (χ1v) is 18.5. The highest BCUT2D eigenvalue weighted by Crippen LogP contribution is 2.59. The van der Waals surface area contributed by atoms with Gasteiger partial charge in [0.25, 0.3) is 5.56 Å². The summed E-state index contributed by atoms with van der Waals surface area (Å²) in [5.74, 6) is -1.01. The van der Waals surface area contributed by atoms with Crippen LogP contribution >= 0.6 is 25.8 Å². The Labute approximate surface area is 260 Å². The molecule has 45 heavy (non-hydrogen) atoms. The van der Waals surface area contributed by atoms with Gasteiger partial charge in [0.2, 0.25) is 5.95 Å². The first-order valence-electron chi connectivity index (χ1n) is 13.2. The number of H-pyrrole nitrogens is 1. The quantitative estimate of drug-likeness (QED) is 0.146. The third kappa shape index (κ3) is 5.56. The summed E-state index contributed by atoms with van der Waals surface area (Å²) >= 11 is 9.22. The van der Waals surface area contributed by atoms with Gasteiger partial charge in [-0.25, -0.2) is 33.3 Å². The molecule has 6 N–H and O–H groups in total. The van der Waals surface area contributed by atoms with E-state index < -0.39 is 81.1 Å². The molecule has 1 aliphatic carbocycles. The SMILES string of the molecule is Nc1nc2c(ncn2[C@@H]2O[C@@H]3COP(=O)(S)O[C@@H]4C(F)[C@H](n5cnc6c(N)ncnc65)C[C@@H]4COP(O)(=S)OC3[C@@H]2F)c(=O)[nH]1. The maximum Gasteiger partial charge on any atom is 0.386 e. The van der Waals surface area contributed by atoms with Gasteiger partial charge >= 0.3 is 13.5 Å². The largest absolute Gasteiger partial charge is 0.386 e. The molecule has 0 aromatic carbocycles. The lowest BCUT2D eigenvalue weighted by molar-refractivity contribution is -0.0461. The summed E-state index contributed by atoms with van der Waals surface area (Å²) in [6.07, 6.45) is -6.14. The number of alkyl halides is 2. The highest BCUT2D eigenvalue weighted by atomic mass is 32.7. The fraction of sp³-hybridized carbons (Fsp3) is 0.524. The molecule has 1 saturated carbocycles. The molecule has 10 atom stereocenters. The third-order valence-corrected chi connectivity index (χ3v) is 11.0. The van der Waals surface area contributed by atoms with Crippen LogP contribution in [0.4, 0.5) is 20.5 Å². The molecule has 18 nitrogen and oxygen atoms in total. The monoisotopic (exact) mass is 708 g/mol. The average molecular weight is 709 g/mol. The van der Waals surface area contributed by atoms with E-state index >= 15 is 8.78 Å². The zero-order valence-electron chi connectivity index (χ0n) is 22.6. The Hall–Kier alpha value is -2.65. The molecular weight excluding hydrogens is 684 g/mol. The molecule has 2 saturated heterocycles. The predicted molar refractivity (Wildman–Crippen MR) is 158 cm³/mol. The number of nitrogens with two attached hydrogens (primary N) is 2. The minimum atomic E-state index is -4.34. The van der Waals surface area contributed by atoms with Crippen LogP contribution in [-0.2, 0) is 39.2 Å². The van der Waals surface area contributed by atoms with Crippen LogP contribution in [0.2, 0.25) is 0 Å². The van der Waals surface area contributed by atoms with Crippen LogP contribution < -0.4 is 17.0 Å². The van der Waals surface area contributed by atoms with Crippen molar-refractivity contribution < 1.29 is 41.1 Å². The van der Waals surface area contributed by atoms with E-state index in [1.165, 1.54) is 17.2 Å². The number of thiol groups is 1. The number of fused-ring (bicyclic) bond motifs is 4. The molecule has 0 spiro atoms. The zero-order chi connectivity index (χ0) is 31.8. The lowest BCUT2D eigenvalue weighted by Crippen LogP contribution is -2.35. The maximum atomic E-state index is 16.1. The van der Waals surface area contributed by atoms with E-state index in [4.69, 9.17) is 46.1 Å². The van der Waals surface area contributed by atoms with Gasteiger partial charge in [-0.1, -0.05) is 12.2 Å². The molecule has 4 aromatic rings. The maximum absolute atomic E-state index is 16.1. The van der Waals surface area contributed by atoms with E-state index in [1.54, 1.807) is 0 Å².